The van der Waals surface area contributed by atoms with Gasteiger partial charge in [0.1, 0.15) is 26.2 Å². The van der Waals surface area contributed by atoms with Crippen molar-refractivity contribution < 1.29 is 19.4 Å². The highest BCUT2D eigenvalue weighted by molar-refractivity contribution is 6.01. The summed E-state index contributed by atoms with van der Waals surface area (Å²) in [7, 11) is 0. The van der Waals surface area contributed by atoms with E-state index >= 15 is 0 Å². The minimum atomic E-state index is -0.156. The Morgan fingerprint density at radius 1 is 0.967 bits per heavy atom. The van der Waals surface area contributed by atoms with Crippen LogP contribution in [-0.2, 0) is 9.59 Å². The van der Waals surface area contributed by atoms with E-state index in [1.54, 1.807) is 9.80 Å². The van der Waals surface area contributed by atoms with Crippen LogP contribution >= 0.6 is 0 Å². The maximum atomic E-state index is 12.8. The van der Waals surface area contributed by atoms with E-state index in [0.717, 1.165) is 75.7 Å². The molecule has 2 unspecified atom stereocenters. The molecule has 2 aliphatic heterocycles. The molecule has 3 fully saturated rings. The van der Waals surface area contributed by atoms with Crippen LogP contribution in [0.15, 0.2) is 6.07 Å². The molecule has 0 radical (unpaired) electrons. The van der Waals surface area contributed by atoms with Gasteiger partial charge in [0.05, 0.1) is 6.54 Å². The van der Waals surface area contributed by atoms with E-state index in [9.17, 15) is 9.59 Å². The Labute approximate surface area is 179 Å². The molecule has 4 rings (SSSR count). The number of nitrogens with zero attached hydrogens (tertiary/aromatic N) is 3. The summed E-state index contributed by atoms with van der Waals surface area (Å²) in [5.74, 6) is 1.17. The van der Waals surface area contributed by atoms with Gasteiger partial charge in [-0.15, -0.1) is 0 Å². The van der Waals surface area contributed by atoms with E-state index in [4.69, 9.17) is 0 Å². The average molecular weight is 416 g/mol. The van der Waals surface area contributed by atoms with E-state index in [0.29, 0.717) is 6.54 Å². The Morgan fingerprint density at radius 3 is 2.10 bits per heavy atom. The number of piperidine rings is 1. The molecule has 30 heavy (non-hydrogen) atoms. The Hall–Kier alpha value is -1.86. The Bertz CT molecular complexity index is 770. The molecular weight excluding hydrogens is 378 g/mol. The predicted octanol–water partition coefficient (Wildman–Crippen LogP) is -0.290. The number of likely N-dealkylation sites (tertiary alicyclic amines) is 1. The summed E-state index contributed by atoms with van der Waals surface area (Å²) in [6.45, 7) is 14.3. The van der Waals surface area contributed by atoms with Crippen molar-refractivity contribution in [2.75, 3.05) is 39.3 Å². The van der Waals surface area contributed by atoms with Crippen molar-refractivity contribution >= 4 is 17.8 Å². The SMILES string of the molecule is Cc1cc(C)nc([NH+]2CC[NH+](CCCCN3C(=O)C4CCC(C3=O)C4(C)C)CC2)n1. The predicted molar refractivity (Wildman–Crippen MR) is 113 cm³/mol. The van der Waals surface area contributed by atoms with Crippen molar-refractivity contribution in [3.8, 4) is 0 Å². The molecule has 0 aromatic carbocycles. The van der Waals surface area contributed by atoms with E-state index in [2.05, 4.69) is 23.8 Å². The van der Waals surface area contributed by atoms with Crippen LogP contribution in [-0.4, -0.2) is 66.0 Å². The number of piperazine rings is 1. The molecule has 2 N–H and O–H groups in total. The Balaban J connectivity index is 1.21. The molecule has 1 aliphatic carbocycles. The molecule has 2 saturated heterocycles. The first-order valence-corrected chi connectivity index (χ1v) is 11.6. The fourth-order valence-corrected chi connectivity index (χ4v) is 5.82. The maximum absolute atomic E-state index is 12.8. The number of unbranched alkanes of at least 4 members (excludes halogenated alkanes) is 1. The van der Waals surface area contributed by atoms with Crippen LogP contribution in [0.1, 0.15) is 50.9 Å². The third-order valence-electron chi connectivity index (χ3n) is 7.69. The summed E-state index contributed by atoms with van der Waals surface area (Å²) in [5.41, 5.74) is 1.92. The lowest BCUT2D eigenvalue weighted by atomic mass is 9.71. The van der Waals surface area contributed by atoms with Crippen LogP contribution < -0.4 is 9.80 Å². The molecule has 7 nitrogen and oxygen atoms in total. The smallest absolute Gasteiger partial charge is 0.326 e. The third kappa shape index (κ3) is 4.02. The molecule has 2 bridgehead atoms. The van der Waals surface area contributed by atoms with Crippen LogP contribution in [0.25, 0.3) is 0 Å². The second-order valence-corrected chi connectivity index (χ2v) is 10.1. The van der Waals surface area contributed by atoms with Crippen LogP contribution in [0.5, 0.6) is 0 Å². The number of aryl methyl sites for hydroxylation is 2. The molecule has 1 saturated carbocycles. The number of hydrogen-bond acceptors (Lipinski definition) is 4. The highest BCUT2D eigenvalue weighted by Gasteiger charge is 2.56. The van der Waals surface area contributed by atoms with Crippen molar-refractivity contribution in [3.05, 3.63) is 17.5 Å². The van der Waals surface area contributed by atoms with Crippen LogP contribution in [0.3, 0.4) is 0 Å². The molecular formula is C23H37N5O2+2. The highest BCUT2D eigenvalue weighted by Crippen LogP contribution is 2.52. The zero-order valence-corrected chi connectivity index (χ0v) is 19.0. The molecule has 3 heterocycles. The number of quaternary nitrogens is 2. The summed E-state index contributed by atoms with van der Waals surface area (Å²) in [5, 5.41) is 0. The van der Waals surface area contributed by atoms with Gasteiger partial charge < -0.3 is 4.90 Å². The van der Waals surface area contributed by atoms with Gasteiger partial charge in [-0.3, -0.25) is 19.4 Å². The summed E-state index contributed by atoms with van der Waals surface area (Å²) in [4.78, 5) is 39.4. The highest BCUT2D eigenvalue weighted by atomic mass is 16.2. The number of nitrogens with one attached hydrogen (secondary N) is 2. The molecule has 1 aromatic rings. The van der Waals surface area contributed by atoms with Crippen LogP contribution in [0.2, 0.25) is 0 Å². The zero-order valence-electron chi connectivity index (χ0n) is 19.0. The topological polar surface area (TPSA) is 72.0 Å². The maximum Gasteiger partial charge on any atom is 0.327 e. The fourth-order valence-electron chi connectivity index (χ4n) is 5.82. The van der Waals surface area contributed by atoms with E-state index in [1.165, 1.54) is 4.90 Å². The Kier molecular flexibility index (Phi) is 5.95. The number of amides is 2. The molecule has 0 spiro atoms. The number of hydrogen-bond donors (Lipinski definition) is 2. The summed E-state index contributed by atoms with van der Waals surface area (Å²) >= 11 is 0. The molecule has 7 heteroatoms. The number of rotatable bonds is 6. The van der Waals surface area contributed by atoms with Crippen molar-refractivity contribution in [2.24, 2.45) is 17.3 Å². The van der Waals surface area contributed by atoms with Crippen molar-refractivity contribution in [1.82, 2.24) is 14.9 Å². The molecule has 164 valence electrons. The third-order valence-corrected chi connectivity index (χ3v) is 7.69. The number of aromatic nitrogens is 2. The molecule has 3 aliphatic rings. The lowest BCUT2D eigenvalue weighted by Crippen LogP contribution is -3.26. The van der Waals surface area contributed by atoms with Gasteiger partial charge in [0.15, 0.2) is 0 Å². The zero-order chi connectivity index (χ0) is 21.5. The number of carbonyl (C=O) groups excluding carboxylic acids is 2. The first-order valence-electron chi connectivity index (χ1n) is 11.6. The summed E-state index contributed by atoms with van der Waals surface area (Å²) in [6.07, 6.45) is 3.72. The number of imide groups is 1. The number of fused-ring (bicyclic) bond motifs is 2. The van der Waals surface area contributed by atoms with Crippen molar-refractivity contribution in [1.29, 1.82) is 0 Å². The normalized spacial score (nSPS) is 30.7. The van der Waals surface area contributed by atoms with Crippen molar-refractivity contribution in [3.63, 3.8) is 0 Å². The van der Waals surface area contributed by atoms with Crippen LogP contribution in [0.4, 0.5) is 5.95 Å². The summed E-state index contributed by atoms with van der Waals surface area (Å²) < 4.78 is 0. The number of carbonyl (C=O) groups is 2. The van der Waals surface area contributed by atoms with E-state index in [1.807, 2.05) is 19.9 Å². The lowest BCUT2D eigenvalue weighted by Gasteiger charge is -2.41. The van der Waals surface area contributed by atoms with Gasteiger partial charge in [-0.1, -0.05) is 13.8 Å². The first-order chi connectivity index (χ1) is 14.3. The van der Waals surface area contributed by atoms with Gasteiger partial charge in [-0.05, 0) is 51.0 Å². The largest absolute Gasteiger partial charge is 0.327 e. The fraction of sp³-hybridized carbons (Fsp3) is 0.739. The monoisotopic (exact) mass is 415 g/mol. The molecule has 2 amide bonds. The van der Waals surface area contributed by atoms with Crippen molar-refractivity contribution in [2.45, 2.75) is 53.4 Å². The minimum absolute atomic E-state index is 0.0364. The average Bonchev–Trinajstić information content (AvgIpc) is 2.93. The van der Waals surface area contributed by atoms with Gasteiger partial charge in [-0.25, -0.2) is 0 Å². The van der Waals surface area contributed by atoms with Gasteiger partial charge in [-0.2, -0.15) is 9.97 Å². The van der Waals surface area contributed by atoms with E-state index < -0.39 is 0 Å². The quantitative estimate of drug-likeness (QED) is 0.495. The molecule has 1 aromatic heterocycles. The summed E-state index contributed by atoms with van der Waals surface area (Å²) in [6, 6.07) is 2.02. The van der Waals surface area contributed by atoms with E-state index in [-0.39, 0.29) is 29.1 Å². The van der Waals surface area contributed by atoms with Gasteiger partial charge in [0.2, 0.25) is 11.8 Å². The standard InChI is InChI=1S/C23H35N5O2/c1-16-15-17(2)25-22(24-16)27-13-11-26(12-14-27)9-5-6-10-28-20(29)18-7-8-19(21(28)30)23(18,3)4/h15,18-19H,5-14H2,1-4H3/p+2. The van der Waals surface area contributed by atoms with Gasteiger partial charge in [0, 0.05) is 29.8 Å². The molecule has 2 atom stereocenters. The van der Waals surface area contributed by atoms with Gasteiger partial charge in [0.25, 0.3) is 0 Å². The second-order valence-electron chi connectivity index (χ2n) is 10.1. The van der Waals surface area contributed by atoms with Crippen LogP contribution in [0, 0.1) is 31.1 Å². The minimum Gasteiger partial charge on any atom is -0.326 e. The lowest BCUT2D eigenvalue weighted by molar-refractivity contribution is -0.988. The second kappa shape index (κ2) is 8.35. The Morgan fingerprint density at radius 2 is 1.53 bits per heavy atom. The van der Waals surface area contributed by atoms with Gasteiger partial charge >= 0.3 is 5.95 Å². The first kappa shape index (κ1) is 21.4.